The van der Waals surface area contributed by atoms with Crippen LogP contribution in [0.25, 0.3) is 0 Å². The maximum atomic E-state index is 11.6. The van der Waals surface area contributed by atoms with Crippen LogP contribution in [0.1, 0.15) is 19.8 Å². The first kappa shape index (κ1) is 15.3. The van der Waals surface area contributed by atoms with Crippen molar-refractivity contribution in [2.45, 2.75) is 25.8 Å². The number of hydrogen-bond acceptors (Lipinski definition) is 5. The number of hydrogen-bond donors (Lipinski definition) is 3. The molecule has 1 atom stereocenters. The largest absolute Gasteiger partial charge is 0.395 e. The summed E-state index contributed by atoms with van der Waals surface area (Å²) in [5.41, 5.74) is 2.16. The first-order chi connectivity index (χ1) is 7.71. The van der Waals surface area contributed by atoms with Gasteiger partial charge in [-0.3, -0.25) is 15.1 Å². The second-order valence-corrected chi connectivity index (χ2v) is 3.57. The van der Waals surface area contributed by atoms with Crippen molar-refractivity contribution in [1.29, 1.82) is 0 Å². The molecule has 0 saturated carbocycles. The SMILES string of the molecule is CCCC(C(=O)NN)N(CCO)CCOC. The molecule has 4 N–H and O–H groups in total. The van der Waals surface area contributed by atoms with Gasteiger partial charge in [0.15, 0.2) is 0 Å². The second kappa shape index (κ2) is 9.53. The third-order valence-electron chi connectivity index (χ3n) is 2.42. The fraction of sp³-hybridized carbons (Fsp3) is 0.900. The van der Waals surface area contributed by atoms with Gasteiger partial charge in [-0.15, -0.1) is 0 Å². The zero-order chi connectivity index (χ0) is 12.4. The Kier molecular flexibility index (Phi) is 9.12. The van der Waals surface area contributed by atoms with Crippen LogP contribution in [0.3, 0.4) is 0 Å². The molecular formula is C10H23N3O3. The van der Waals surface area contributed by atoms with Crippen molar-refractivity contribution in [2.75, 3.05) is 33.4 Å². The molecule has 0 heterocycles. The third kappa shape index (κ3) is 5.41. The number of aliphatic hydroxyl groups excluding tert-OH is 1. The van der Waals surface area contributed by atoms with Crippen LogP contribution >= 0.6 is 0 Å². The van der Waals surface area contributed by atoms with E-state index < -0.39 is 0 Å². The number of nitrogens with zero attached hydrogens (tertiary/aromatic N) is 1. The summed E-state index contributed by atoms with van der Waals surface area (Å²) in [4.78, 5) is 13.5. The number of nitrogens with one attached hydrogen (secondary N) is 1. The molecule has 0 aromatic carbocycles. The van der Waals surface area contributed by atoms with Crippen LogP contribution < -0.4 is 11.3 Å². The van der Waals surface area contributed by atoms with E-state index in [1.54, 1.807) is 7.11 Å². The number of nitrogens with two attached hydrogens (primary N) is 1. The molecule has 16 heavy (non-hydrogen) atoms. The molecule has 0 aromatic rings. The summed E-state index contributed by atoms with van der Waals surface area (Å²) in [5.74, 6) is 4.93. The van der Waals surface area contributed by atoms with Crippen LogP contribution in [-0.4, -0.2) is 55.4 Å². The Balaban J connectivity index is 4.43. The van der Waals surface area contributed by atoms with Crippen LogP contribution in [0.4, 0.5) is 0 Å². The fourth-order valence-electron chi connectivity index (χ4n) is 1.61. The van der Waals surface area contributed by atoms with Gasteiger partial charge in [-0.05, 0) is 6.42 Å². The van der Waals surface area contributed by atoms with E-state index in [4.69, 9.17) is 15.7 Å². The quantitative estimate of drug-likeness (QED) is 0.272. The number of aliphatic hydroxyl groups is 1. The van der Waals surface area contributed by atoms with Gasteiger partial charge in [-0.1, -0.05) is 13.3 Å². The molecule has 96 valence electrons. The highest BCUT2D eigenvalue weighted by Crippen LogP contribution is 2.07. The summed E-state index contributed by atoms with van der Waals surface area (Å²) in [6.45, 7) is 3.60. The van der Waals surface area contributed by atoms with Gasteiger partial charge in [0.05, 0.1) is 19.3 Å². The summed E-state index contributed by atoms with van der Waals surface area (Å²) in [7, 11) is 1.61. The Morgan fingerprint density at radius 2 is 2.25 bits per heavy atom. The second-order valence-electron chi connectivity index (χ2n) is 3.57. The van der Waals surface area contributed by atoms with Crippen LogP contribution in [0.2, 0.25) is 0 Å². The summed E-state index contributed by atoms with van der Waals surface area (Å²) in [6, 6.07) is -0.294. The van der Waals surface area contributed by atoms with E-state index >= 15 is 0 Å². The van der Waals surface area contributed by atoms with Crippen molar-refractivity contribution in [3.63, 3.8) is 0 Å². The maximum Gasteiger partial charge on any atom is 0.251 e. The number of rotatable bonds is 9. The van der Waals surface area contributed by atoms with E-state index in [9.17, 15) is 4.79 Å². The first-order valence-corrected chi connectivity index (χ1v) is 5.55. The minimum Gasteiger partial charge on any atom is -0.395 e. The van der Waals surface area contributed by atoms with Crippen LogP contribution in [-0.2, 0) is 9.53 Å². The Labute approximate surface area is 96.7 Å². The number of hydrazine groups is 1. The Morgan fingerprint density at radius 1 is 1.56 bits per heavy atom. The molecule has 6 nitrogen and oxygen atoms in total. The lowest BCUT2D eigenvalue weighted by Gasteiger charge is -2.29. The molecular weight excluding hydrogens is 210 g/mol. The van der Waals surface area contributed by atoms with Crippen molar-refractivity contribution in [2.24, 2.45) is 5.84 Å². The van der Waals surface area contributed by atoms with Gasteiger partial charge in [0.2, 0.25) is 0 Å². The van der Waals surface area contributed by atoms with Crippen LogP contribution in [0, 0.1) is 0 Å². The van der Waals surface area contributed by atoms with E-state index in [2.05, 4.69) is 5.43 Å². The van der Waals surface area contributed by atoms with Crippen molar-refractivity contribution >= 4 is 5.91 Å². The zero-order valence-corrected chi connectivity index (χ0v) is 10.1. The van der Waals surface area contributed by atoms with Crippen LogP contribution in [0.15, 0.2) is 0 Å². The van der Waals surface area contributed by atoms with Crippen molar-refractivity contribution in [1.82, 2.24) is 10.3 Å². The molecule has 1 unspecified atom stereocenters. The molecule has 1 amide bonds. The third-order valence-corrected chi connectivity index (χ3v) is 2.42. The van der Waals surface area contributed by atoms with Crippen molar-refractivity contribution in [3.8, 4) is 0 Å². The predicted octanol–water partition coefficient (Wildman–Crippen LogP) is -0.914. The monoisotopic (exact) mass is 233 g/mol. The zero-order valence-electron chi connectivity index (χ0n) is 10.1. The van der Waals surface area contributed by atoms with Gasteiger partial charge in [-0.2, -0.15) is 0 Å². The number of carbonyl (C=O) groups is 1. The summed E-state index contributed by atoms with van der Waals surface area (Å²) < 4.78 is 4.97. The van der Waals surface area contributed by atoms with Gasteiger partial charge in [0.25, 0.3) is 5.91 Å². The van der Waals surface area contributed by atoms with E-state index in [0.717, 1.165) is 6.42 Å². The van der Waals surface area contributed by atoms with Crippen molar-refractivity contribution < 1.29 is 14.6 Å². The summed E-state index contributed by atoms with van der Waals surface area (Å²) >= 11 is 0. The smallest absolute Gasteiger partial charge is 0.251 e. The molecule has 6 heteroatoms. The molecule has 0 aromatic heterocycles. The number of ether oxygens (including phenoxy) is 1. The number of methoxy groups -OCH3 is 1. The van der Waals surface area contributed by atoms with Gasteiger partial charge in [0.1, 0.15) is 0 Å². The molecule has 0 rings (SSSR count). The minimum absolute atomic E-state index is 0.0157. The highest BCUT2D eigenvalue weighted by Gasteiger charge is 2.23. The highest BCUT2D eigenvalue weighted by atomic mass is 16.5. The normalized spacial score (nSPS) is 12.8. The average Bonchev–Trinajstić information content (AvgIpc) is 2.31. The van der Waals surface area contributed by atoms with Gasteiger partial charge < -0.3 is 9.84 Å². The van der Waals surface area contributed by atoms with Crippen molar-refractivity contribution in [3.05, 3.63) is 0 Å². The summed E-state index contributed by atoms with van der Waals surface area (Å²) in [6.07, 6.45) is 1.60. The molecule has 0 aliphatic rings. The lowest BCUT2D eigenvalue weighted by Crippen LogP contribution is -2.50. The molecule has 0 saturated heterocycles. The first-order valence-electron chi connectivity index (χ1n) is 5.55. The molecule has 0 radical (unpaired) electrons. The lowest BCUT2D eigenvalue weighted by molar-refractivity contribution is -0.127. The lowest BCUT2D eigenvalue weighted by atomic mass is 10.1. The van der Waals surface area contributed by atoms with Gasteiger partial charge in [0, 0.05) is 20.2 Å². The maximum absolute atomic E-state index is 11.6. The van der Waals surface area contributed by atoms with E-state index in [1.807, 2.05) is 11.8 Å². The van der Waals surface area contributed by atoms with Gasteiger partial charge in [-0.25, -0.2) is 5.84 Å². The number of carbonyl (C=O) groups excluding carboxylic acids is 1. The molecule has 0 aliphatic heterocycles. The molecule has 0 aliphatic carbocycles. The topological polar surface area (TPSA) is 87.8 Å². The average molecular weight is 233 g/mol. The molecule has 0 spiro atoms. The summed E-state index contributed by atoms with van der Waals surface area (Å²) in [5, 5.41) is 8.96. The minimum atomic E-state index is -0.294. The standard InChI is InChI=1S/C10H23N3O3/c1-3-4-9(10(15)12-11)13(5-7-14)6-8-16-2/h9,14H,3-8,11H2,1-2H3,(H,12,15). The van der Waals surface area contributed by atoms with Crippen LogP contribution in [0.5, 0.6) is 0 Å². The Hall–Kier alpha value is -0.690. The predicted molar refractivity (Wildman–Crippen MR) is 61.6 cm³/mol. The number of amides is 1. The molecule has 0 bridgehead atoms. The Bertz CT molecular complexity index is 190. The molecule has 0 fully saturated rings. The fourth-order valence-corrected chi connectivity index (χ4v) is 1.61. The Morgan fingerprint density at radius 3 is 2.69 bits per heavy atom. The van der Waals surface area contributed by atoms with E-state index in [1.165, 1.54) is 0 Å². The van der Waals surface area contributed by atoms with E-state index in [-0.39, 0.29) is 18.6 Å². The van der Waals surface area contributed by atoms with E-state index in [0.29, 0.717) is 26.1 Å². The highest BCUT2D eigenvalue weighted by molar-refractivity contribution is 5.81. The van der Waals surface area contributed by atoms with Gasteiger partial charge >= 0.3 is 0 Å².